The Kier molecular flexibility index (Phi) is 10.9. The maximum Gasteiger partial charge on any atom is 0.471 e. The number of Topliss-reactive ketones (excluding diaryl/α,β-unsaturated/α-hetero) is 1. The van der Waals surface area contributed by atoms with Crippen LogP contribution in [0, 0.1) is 0 Å². The molecule has 0 aliphatic rings. The molecule has 3 nitrogen and oxygen atoms in total. The first-order chi connectivity index (χ1) is 13.3. The summed E-state index contributed by atoms with van der Waals surface area (Å²) in [4.78, 5) is 23.9. The second-order valence-corrected chi connectivity index (χ2v) is 7.24. The molecule has 0 saturated carbocycles. The molecule has 0 fully saturated rings. The molecule has 0 radical (unpaired) electrons. The van der Waals surface area contributed by atoms with Gasteiger partial charge in [0.05, 0.1) is 0 Å². The van der Waals surface area contributed by atoms with Crippen molar-refractivity contribution in [3.63, 3.8) is 0 Å². The lowest BCUT2D eigenvalue weighted by molar-refractivity contribution is -0.170. The average Bonchev–Trinajstić information content (AvgIpc) is 2.65. The number of anilines is 1. The average molecular weight is 399 g/mol. The van der Waals surface area contributed by atoms with Gasteiger partial charge in [-0.15, -0.1) is 0 Å². The highest BCUT2D eigenvalue weighted by atomic mass is 19.4. The van der Waals surface area contributed by atoms with Crippen molar-refractivity contribution in [3.8, 4) is 0 Å². The van der Waals surface area contributed by atoms with E-state index < -0.39 is 12.1 Å². The summed E-state index contributed by atoms with van der Waals surface area (Å²) in [5, 5.41) is 0. The number of rotatable bonds is 13. The zero-order chi connectivity index (χ0) is 21.0. The molecule has 6 heteroatoms. The normalized spacial score (nSPS) is 11.5. The van der Waals surface area contributed by atoms with Crippen LogP contribution in [0.2, 0.25) is 0 Å². The van der Waals surface area contributed by atoms with Crippen LogP contribution in [0.15, 0.2) is 24.3 Å². The Balaban J connectivity index is 2.49. The van der Waals surface area contributed by atoms with Crippen molar-refractivity contribution in [1.82, 2.24) is 0 Å². The fraction of sp³-hybridized carbons (Fsp3) is 0.636. The van der Waals surface area contributed by atoms with Gasteiger partial charge in [0.2, 0.25) is 0 Å². The Morgan fingerprint density at radius 2 is 1.29 bits per heavy atom. The number of hydrogen-bond donors (Lipinski definition) is 0. The number of unbranched alkanes of at least 4 members (excludes halogenated alkanes) is 9. The lowest BCUT2D eigenvalue weighted by Gasteiger charge is -2.24. The summed E-state index contributed by atoms with van der Waals surface area (Å²) in [6.45, 7) is 3.59. The number of benzene rings is 1. The van der Waals surface area contributed by atoms with Gasteiger partial charge in [0.15, 0.2) is 5.78 Å². The van der Waals surface area contributed by atoms with E-state index in [0.29, 0.717) is 12.0 Å². The van der Waals surface area contributed by atoms with Gasteiger partial charge in [-0.2, -0.15) is 13.2 Å². The molecule has 0 heterocycles. The zero-order valence-corrected chi connectivity index (χ0v) is 17.0. The molecule has 0 aromatic heterocycles. The summed E-state index contributed by atoms with van der Waals surface area (Å²) >= 11 is 0. The first-order valence-electron chi connectivity index (χ1n) is 10.3. The summed E-state index contributed by atoms with van der Waals surface area (Å²) < 4.78 is 38.9. The van der Waals surface area contributed by atoms with Crippen LogP contribution in [0.25, 0.3) is 0 Å². The zero-order valence-electron chi connectivity index (χ0n) is 17.0. The minimum Gasteiger partial charge on any atom is -0.305 e. The molecule has 1 aromatic rings. The summed E-state index contributed by atoms with van der Waals surface area (Å²) in [6.07, 6.45) is 5.82. The lowest BCUT2D eigenvalue weighted by atomic mass is 10.1. The molecular weight excluding hydrogens is 367 g/mol. The number of halogens is 3. The molecule has 0 aliphatic heterocycles. The van der Waals surface area contributed by atoms with Crippen LogP contribution in [0.1, 0.15) is 88.4 Å². The van der Waals surface area contributed by atoms with Gasteiger partial charge < -0.3 is 4.90 Å². The molecule has 0 aliphatic carbocycles. The molecule has 0 unspecified atom stereocenters. The van der Waals surface area contributed by atoms with Crippen molar-refractivity contribution < 1.29 is 22.8 Å². The van der Waals surface area contributed by atoms with Gasteiger partial charge in [-0.3, -0.25) is 9.59 Å². The first-order valence-corrected chi connectivity index (χ1v) is 10.3. The van der Waals surface area contributed by atoms with E-state index in [9.17, 15) is 22.8 Å². The third-order valence-electron chi connectivity index (χ3n) is 4.81. The third kappa shape index (κ3) is 8.89. The number of carbonyl (C=O) groups is 2. The van der Waals surface area contributed by atoms with Crippen LogP contribution in [-0.4, -0.2) is 24.4 Å². The minimum absolute atomic E-state index is 0.0221. The van der Waals surface area contributed by atoms with Crippen LogP contribution in [0.3, 0.4) is 0 Å². The molecule has 0 N–H and O–H groups in total. The molecule has 1 rings (SSSR count). The molecule has 0 atom stereocenters. The highest BCUT2D eigenvalue weighted by Gasteiger charge is 2.42. The van der Waals surface area contributed by atoms with Crippen LogP contribution in [0.5, 0.6) is 0 Å². The number of carbonyl (C=O) groups excluding carboxylic acids is 2. The summed E-state index contributed by atoms with van der Waals surface area (Å²) in [6, 6.07) is 5.70. The van der Waals surface area contributed by atoms with Crippen molar-refractivity contribution in [3.05, 3.63) is 29.8 Å². The molecule has 1 aromatic carbocycles. The largest absolute Gasteiger partial charge is 0.471 e. The Labute approximate surface area is 166 Å². The quantitative estimate of drug-likeness (QED) is 0.273. The van der Waals surface area contributed by atoms with Gasteiger partial charge in [0.1, 0.15) is 0 Å². The van der Waals surface area contributed by atoms with Crippen molar-refractivity contribution in [2.24, 2.45) is 0 Å². The molecular formula is C22H32F3NO2. The lowest BCUT2D eigenvalue weighted by Crippen LogP contribution is -2.41. The monoisotopic (exact) mass is 399 g/mol. The Morgan fingerprint density at radius 1 is 0.821 bits per heavy atom. The van der Waals surface area contributed by atoms with Gasteiger partial charge in [-0.25, -0.2) is 0 Å². The molecule has 158 valence electrons. The SMILES string of the molecule is CCCCCCCCCCCCN(C(=O)C(F)(F)F)c1ccc(C(C)=O)cc1. The predicted molar refractivity (Wildman–Crippen MR) is 107 cm³/mol. The maximum atomic E-state index is 13.0. The maximum absolute atomic E-state index is 13.0. The van der Waals surface area contributed by atoms with E-state index in [1.807, 2.05) is 0 Å². The van der Waals surface area contributed by atoms with Crippen molar-refractivity contribution in [1.29, 1.82) is 0 Å². The van der Waals surface area contributed by atoms with Gasteiger partial charge in [-0.05, 0) is 37.6 Å². The smallest absolute Gasteiger partial charge is 0.305 e. The van der Waals surface area contributed by atoms with Crippen LogP contribution in [-0.2, 0) is 4.79 Å². The van der Waals surface area contributed by atoms with Crippen molar-refractivity contribution in [2.45, 2.75) is 84.2 Å². The van der Waals surface area contributed by atoms with Crippen LogP contribution >= 0.6 is 0 Å². The van der Waals surface area contributed by atoms with Crippen LogP contribution in [0.4, 0.5) is 18.9 Å². The van der Waals surface area contributed by atoms with Crippen molar-refractivity contribution >= 4 is 17.4 Å². The Bertz CT molecular complexity index is 597. The second-order valence-electron chi connectivity index (χ2n) is 7.24. The van der Waals surface area contributed by atoms with Crippen LogP contribution < -0.4 is 4.90 Å². The second kappa shape index (κ2) is 12.6. The standard InChI is InChI=1S/C22H32F3NO2/c1-3-4-5-6-7-8-9-10-11-12-17-26(21(28)22(23,24)25)20-15-13-19(14-16-20)18(2)27/h13-16H,3-12,17H2,1-2H3. The van der Waals surface area contributed by atoms with E-state index in [0.717, 1.165) is 30.6 Å². The van der Waals surface area contributed by atoms with E-state index >= 15 is 0 Å². The third-order valence-corrected chi connectivity index (χ3v) is 4.81. The number of amides is 1. The molecule has 0 bridgehead atoms. The summed E-state index contributed by atoms with van der Waals surface area (Å²) in [7, 11) is 0. The molecule has 1 amide bonds. The van der Waals surface area contributed by atoms with Gasteiger partial charge in [0, 0.05) is 17.8 Å². The summed E-state index contributed by atoms with van der Waals surface area (Å²) in [5.74, 6) is -2.03. The van der Waals surface area contributed by atoms with E-state index in [-0.39, 0.29) is 18.0 Å². The Hall–Kier alpha value is -1.85. The van der Waals surface area contributed by atoms with E-state index in [4.69, 9.17) is 0 Å². The van der Waals surface area contributed by atoms with Gasteiger partial charge in [0.25, 0.3) is 0 Å². The van der Waals surface area contributed by atoms with Gasteiger partial charge in [-0.1, -0.05) is 64.7 Å². The topological polar surface area (TPSA) is 37.4 Å². The fourth-order valence-electron chi connectivity index (χ4n) is 3.13. The minimum atomic E-state index is -4.92. The first kappa shape index (κ1) is 24.2. The number of nitrogens with zero attached hydrogens (tertiary/aromatic N) is 1. The number of hydrogen-bond acceptors (Lipinski definition) is 2. The highest BCUT2D eigenvalue weighted by Crippen LogP contribution is 2.25. The highest BCUT2D eigenvalue weighted by molar-refractivity contribution is 5.98. The fourth-order valence-corrected chi connectivity index (χ4v) is 3.13. The number of ketones is 1. The van der Waals surface area contributed by atoms with Crippen molar-refractivity contribution in [2.75, 3.05) is 11.4 Å². The predicted octanol–water partition coefficient (Wildman–Crippen LogP) is 6.71. The molecule has 0 spiro atoms. The Morgan fingerprint density at radius 3 is 1.71 bits per heavy atom. The van der Waals surface area contributed by atoms with E-state index in [2.05, 4.69) is 6.92 Å². The van der Waals surface area contributed by atoms with E-state index in [1.165, 1.54) is 63.3 Å². The number of alkyl halides is 3. The molecule has 28 heavy (non-hydrogen) atoms. The van der Waals surface area contributed by atoms with Gasteiger partial charge >= 0.3 is 12.1 Å². The van der Waals surface area contributed by atoms with E-state index in [1.54, 1.807) is 0 Å². The summed E-state index contributed by atoms with van der Waals surface area (Å²) in [5.41, 5.74) is 0.574. The molecule has 0 saturated heterocycles.